The summed E-state index contributed by atoms with van der Waals surface area (Å²) in [4.78, 5) is 16.1. The van der Waals surface area contributed by atoms with Crippen molar-refractivity contribution in [2.24, 2.45) is 0 Å². The number of piperazine rings is 1. The summed E-state index contributed by atoms with van der Waals surface area (Å²) in [5.74, 6) is 1.06. The van der Waals surface area contributed by atoms with Crippen LogP contribution >= 0.6 is 0 Å². The lowest BCUT2D eigenvalue weighted by Gasteiger charge is -2.29. The molecule has 1 fully saturated rings. The highest BCUT2D eigenvalue weighted by molar-refractivity contribution is 5.78. The Morgan fingerprint density at radius 1 is 1.40 bits per heavy atom. The normalized spacial score (nSPS) is 15.4. The summed E-state index contributed by atoms with van der Waals surface area (Å²) in [5, 5.41) is 3.25. The summed E-state index contributed by atoms with van der Waals surface area (Å²) in [7, 11) is 3.64. The van der Waals surface area contributed by atoms with E-state index in [9.17, 15) is 4.79 Å². The van der Waals surface area contributed by atoms with E-state index in [-0.39, 0.29) is 5.91 Å². The average molecular weight is 277 g/mol. The molecule has 0 saturated carbocycles. The number of rotatable bonds is 5. The first-order valence-electron chi connectivity index (χ1n) is 6.99. The summed E-state index contributed by atoms with van der Waals surface area (Å²) in [6.07, 6.45) is 0. The van der Waals surface area contributed by atoms with Crippen LogP contribution in [0.15, 0.2) is 24.3 Å². The van der Waals surface area contributed by atoms with Gasteiger partial charge in [0.1, 0.15) is 5.75 Å². The van der Waals surface area contributed by atoms with Gasteiger partial charge in [0.25, 0.3) is 0 Å². The first-order chi connectivity index (χ1) is 9.69. The minimum atomic E-state index is 0.205. The first-order valence-corrected chi connectivity index (χ1v) is 6.99. The van der Waals surface area contributed by atoms with Crippen LogP contribution in [0, 0.1) is 0 Å². The van der Waals surface area contributed by atoms with Gasteiger partial charge in [0, 0.05) is 32.7 Å². The van der Waals surface area contributed by atoms with Gasteiger partial charge in [-0.05, 0) is 24.7 Å². The smallest absolute Gasteiger partial charge is 0.236 e. The van der Waals surface area contributed by atoms with E-state index in [1.165, 1.54) is 0 Å². The summed E-state index contributed by atoms with van der Waals surface area (Å²) < 4.78 is 5.21. The van der Waals surface area contributed by atoms with E-state index in [4.69, 9.17) is 4.74 Å². The molecule has 1 heterocycles. The van der Waals surface area contributed by atoms with Gasteiger partial charge in [-0.1, -0.05) is 12.1 Å². The molecule has 5 heteroatoms. The predicted molar refractivity (Wildman–Crippen MR) is 78.8 cm³/mol. The van der Waals surface area contributed by atoms with E-state index in [0.717, 1.165) is 44.0 Å². The van der Waals surface area contributed by atoms with Gasteiger partial charge in [-0.3, -0.25) is 9.69 Å². The maximum atomic E-state index is 12.2. The van der Waals surface area contributed by atoms with Crippen molar-refractivity contribution in [1.29, 1.82) is 0 Å². The summed E-state index contributed by atoms with van der Waals surface area (Å²) >= 11 is 0. The standard InChI is InChI=1S/C15H23N3O2/c1-17(11-13-4-3-5-14(10-13)20-2)12-15(19)18-8-6-16-7-9-18/h3-5,10,16H,6-9,11-12H2,1-2H3. The van der Waals surface area contributed by atoms with Gasteiger partial charge in [0.05, 0.1) is 13.7 Å². The highest BCUT2D eigenvalue weighted by Gasteiger charge is 2.17. The van der Waals surface area contributed by atoms with E-state index >= 15 is 0 Å². The Bertz CT molecular complexity index is 444. The number of nitrogens with one attached hydrogen (secondary N) is 1. The third-order valence-electron chi connectivity index (χ3n) is 3.46. The average Bonchev–Trinajstić information content (AvgIpc) is 2.48. The summed E-state index contributed by atoms with van der Waals surface area (Å²) in [6.45, 7) is 4.61. The molecule has 1 aliphatic rings. The van der Waals surface area contributed by atoms with Crippen molar-refractivity contribution in [3.63, 3.8) is 0 Å². The molecule has 0 aromatic heterocycles. The fraction of sp³-hybridized carbons (Fsp3) is 0.533. The lowest BCUT2D eigenvalue weighted by atomic mass is 10.2. The quantitative estimate of drug-likeness (QED) is 0.854. The molecular weight excluding hydrogens is 254 g/mol. The van der Waals surface area contributed by atoms with Crippen LogP contribution in [0.5, 0.6) is 5.75 Å². The number of ether oxygens (including phenoxy) is 1. The fourth-order valence-electron chi connectivity index (χ4n) is 2.38. The SMILES string of the molecule is COc1cccc(CN(C)CC(=O)N2CCNCC2)c1. The van der Waals surface area contributed by atoms with E-state index in [0.29, 0.717) is 6.54 Å². The van der Waals surface area contributed by atoms with Crippen molar-refractivity contribution < 1.29 is 9.53 Å². The Kier molecular flexibility index (Phi) is 5.38. The molecule has 0 unspecified atom stereocenters. The number of hydrogen-bond acceptors (Lipinski definition) is 4. The molecule has 1 amide bonds. The Hall–Kier alpha value is -1.59. The molecular formula is C15H23N3O2. The topological polar surface area (TPSA) is 44.8 Å². The molecule has 0 bridgehead atoms. The molecule has 110 valence electrons. The van der Waals surface area contributed by atoms with Crippen LogP contribution in [0.4, 0.5) is 0 Å². The highest BCUT2D eigenvalue weighted by atomic mass is 16.5. The zero-order chi connectivity index (χ0) is 14.4. The van der Waals surface area contributed by atoms with E-state index in [1.807, 2.05) is 41.1 Å². The minimum Gasteiger partial charge on any atom is -0.497 e. The number of methoxy groups -OCH3 is 1. The van der Waals surface area contributed by atoms with Gasteiger partial charge in [-0.2, -0.15) is 0 Å². The number of likely N-dealkylation sites (N-methyl/N-ethyl adjacent to an activating group) is 1. The van der Waals surface area contributed by atoms with Crippen molar-refractivity contribution >= 4 is 5.91 Å². The molecule has 0 radical (unpaired) electrons. The molecule has 20 heavy (non-hydrogen) atoms. The first kappa shape index (κ1) is 14.8. The van der Waals surface area contributed by atoms with Crippen LogP contribution in [0.1, 0.15) is 5.56 Å². The van der Waals surface area contributed by atoms with Gasteiger partial charge in [-0.15, -0.1) is 0 Å². The number of hydrogen-bond donors (Lipinski definition) is 1. The van der Waals surface area contributed by atoms with Crippen LogP contribution in [0.3, 0.4) is 0 Å². The lowest BCUT2D eigenvalue weighted by Crippen LogP contribution is -2.49. The number of benzene rings is 1. The zero-order valence-corrected chi connectivity index (χ0v) is 12.3. The van der Waals surface area contributed by atoms with Crippen LogP contribution < -0.4 is 10.1 Å². The van der Waals surface area contributed by atoms with Crippen LogP contribution in [-0.2, 0) is 11.3 Å². The number of carbonyl (C=O) groups is 1. The second kappa shape index (κ2) is 7.26. The minimum absolute atomic E-state index is 0.205. The number of nitrogens with zero attached hydrogens (tertiary/aromatic N) is 2. The molecule has 0 atom stereocenters. The predicted octanol–water partition coefficient (Wildman–Crippen LogP) is 0.559. The van der Waals surface area contributed by atoms with Crippen molar-refractivity contribution in [3.8, 4) is 5.75 Å². The largest absolute Gasteiger partial charge is 0.497 e. The van der Waals surface area contributed by atoms with Crippen molar-refractivity contribution in [2.45, 2.75) is 6.54 Å². The molecule has 2 rings (SSSR count). The summed E-state index contributed by atoms with van der Waals surface area (Å²) in [5.41, 5.74) is 1.15. The Labute approximate surface area is 120 Å². The number of amides is 1. The monoisotopic (exact) mass is 277 g/mol. The van der Waals surface area contributed by atoms with Gasteiger partial charge < -0.3 is 15.0 Å². The third-order valence-corrected chi connectivity index (χ3v) is 3.46. The lowest BCUT2D eigenvalue weighted by molar-refractivity contribution is -0.132. The number of carbonyl (C=O) groups excluding carboxylic acids is 1. The van der Waals surface area contributed by atoms with E-state index in [1.54, 1.807) is 7.11 Å². The van der Waals surface area contributed by atoms with Crippen molar-refractivity contribution in [3.05, 3.63) is 29.8 Å². The van der Waals surface area contributed by atoms with E-state index < -0.39 is 0 Å². The Balaban J connectivity index is 1.84. The van der Waals surface area contributed by atoms with Gasteiger partial charge in [0.15, 0.2) is 0 Å². The van der Waals surface area contributed by atoms with Gasteiger partial charge >= 0.3 is 0 Å². The second-order valence-electron chi connectivity index (χ2n) is 5.15. The molecule has 0 spiro atoms. The fourth-order valence-corrected chi connectivity index (χ4v) is 2.38. The summed E-state index contributed by atoms with van der Waals surface area (Å²) in [6, 6.07) is 7.95. The molecule has 1 saturated heterocycles. The molecule has 1 N–H and O–H groups in total. The van der Waals surface area contributed by atoms with E-state index in [2.05, 4.69) is 5.32 Å². The zero-order valence-electron chi connectivity index (χ0n) is 12.3. The molecule has 1 aromatic carbocycles. The van der Waals surface area contributed by atoms with Gasteiger partial charge in [0.2, 0.25) is 5.91 Å². The van der Waals surface area contributed by atoms with Crippen molar-refractivity contribution in [1.82, 2.24) is 15.1 Å². The van der Waals surface area contributed by atoms with Crippen LogP contribution in [0.25, 0.3) is 0 Å². The maximum absolute atomic E-state index is 12.2. The molecule has 5 nitrogen and oxygen atoms in total. The van der Waals surface area contributed by atoms with Crippen LogP contribution in [0.2, 0.25) is 0 Å². The Morgan fingerprint density at radius 3 is 2.85 bits per heavy atom. The molecule has 1 aromatic rings. The Morgan fingerprint density at radius 2 is 2.15 bits per heavy atom. The van der Waals surface area contributed by atoms with Crippen molar-refractivity contribution in [2.75, 3.05) is 46.9 Å². The highest BCUT2D eigenvalue weighted by Crippen LogP contribution is 2.13. The second-order valence-corrected chi connectivity index (χ2v) is 5.15. The van der Waals surface area contributed by atoms with Gasteiger partial charge in [-0.25, -0.2) is 0 Å². The molecule has 0 aliphatic carbocycles. The molecule has 1 aliphatic heterocycles. The van der Waals surface area contributed by atoms with Crippen LogP contribution in [-0.4, -0.2) is 62.6 Å². The maximum Gasteiger partial charge on any atom is 0.236 e. The third kappa shape index (κ3) is 4.21.